The van der Waals surface area contributed by atoms with Crippen molar-refractivity contribution in [2.24, 2.45) is 17.8 Å². The van der Waals surface area contributed by atoms with Crippen molar-refractivity contribution < 1.29 is 19.1 Å². The minimum Gasteiger partial charge on any atom is -0.463 e. The zero-order chi connectivity index (χ0) is 36.5. The number of carbonyl (C=O) groups excluding carboxylic acids is 2. The highest BCUT2D eigenvalue weighted by Crippen LogP contribution is 2.44. The third kappa shape index (κ3) is 25.1. The summed E-state index contributed by atoms with van der Waals surface area (Å²) in [5, 5.41) is 0. The summed E-state index contributed by atoms with van der Waals surface area (Å²) in [6, 6.07) is 0. The van der Waals surface area contributed by atoms with Crippen molar-refractivity contribution in [2.45, 2.75) is 175 Å². The normalized spacial score (nSPS) is 20.1. The van der Waals surface area contributed by atoms with Crippen LogP contribution >= 0.6 is 0 Å². The van der Waals surface area contributed by atoms with Crippen molar-refractivity contribution >= 4 is 11.9 Å². The second kappa shape index (κ2) is 32.1. The molecule has 0 radical (unpaired) electrons. The second-order valence-electron chi connectivity index (χ2n) is 14.2. The Bertz CT molecular complexity index is 1060. The van der Waals surface area contributed by atoms with E-state index in [0.29, 0.717) is 30.6 Å². The van der Waals surface area contributed by atoms with Gasteiger partial charge in [0, 0.05) is 12.8 Å². The molecule has 1 fully saturated rings. The van der Waals surface area contributed by atoms with E-state index in [-0.39, 0.29) is 24.1 Å². The van der Waals surface area contributed by atoms with Crippen LogP contribution < -0.4 is 0 Å². The minimum absolute atomic E-state index is 0.0302. The van der Waals surface area contributed by atoms with E-state index < -0.39 is 0 Å². The van der Waals surface area contributed by atoms with Crippen molar-refractivity contribution in [3.05, 3.63) is 85.1 Å². The molecule has 0 spiro atoms. The highest BCUT2D eigenvalue weighted by atomic mass is 16.5. The Balaban J connectivity index is 2.41. The largest absolute Gasteiger partial charge is 0.463 e. The summed E-state index contributed by atoms with van der Waals surface area (Å²) >= 11 is 0. The first-order chi connectivity index (χ1) is 24.4. The van der Waals surface area contributed by atoms with Crippen LogP contribution in [0.4, 0.5) is 0 Å². The van der Waals surface area contributed by atoms with Gasteiger partial charge in [-0.25, -0.2) is 0 Å². The average Bonchev–Trinajstić information content (AvgIpc) is 3.37. The summed E-state index contributed by atoms with van der Waals surface area (Å²) < 4.78 is 11.4. The molecule has 0 saturated heterocycles. The van der Waals surface area contributed by atoms with Gasteiger partial charge in [-0.05, 0) is 109 Å². The molecule has 4 atom stereocenters. The molecule has 4 heteroatoms. The smallest absolute Gasteiger partial charge is 0.306 e. The van der Waals surface area contributed by atoms with Crippen molar-refractivity contribution in [3.63, 3.8) is 0 Å². The first-order valence-electron chi connectivity index (χ1n) is 20.3. The fourth-order valence-corrected chi connectivity index (χ4v) is 6.64. The second-order valence-corrected chi connectivity index (χ2v) is 14.2. The molecule has 282 valence electrons. The highest BCUT2D eigenvalue weighted by molar-refractivity contribution is 5.70. The molecule has 4 nitrogen and oxygen atoms in total. The van der Waals surface area contributed by atoms with Crippen molar-refractivity contribution in [1.82, 2.24) is 0 Å². The molecule has 0 amide bonds. The molecule has 0 heterocycles. The van der Waals surface area contributed by atoms with Gasteiger partial charge in [0.2, 0.25) is 0 Å². The standard InChI is InChI=1S/C46H74O4/c1-6-8-10-12-14-15-16-17-18-19-20-21-22-23-24-25-26-28-33-38-46(48)50-44-39-41(5)42(43(44)36-32-27-13-11-9-7-2)35-31-29-30-34-37-45(47)49-40(3)4/h8,10,14-15,17-18,20-21,23-24,26,28-29,31,40-44H,6-7,9,11-13,16,19,22,25,27,30,32-39H2,1-5H3/b10-8-,15-14-,18-17-,21-20-,24-23-,28-26-,31-29-/t41-,42-,43+,44+/m0/s1. The van der Waals surface area contributed by atoms with Gasteiger partial charge >= 0.3 is 11.9 Å². The molecule has 1 rings (SSSR count). The lowest BCUT2D eigenvalue weighted by Gasteiger charge is -2.25. The highest BCUT2D eigenvalue weighted by Gasteiger charge is 2.41. The van der Waals surface area contributed by atoms with E-state index in [1.165, 1.54) is 38.5 Å². The summed E-state index contributed by atoms with van der Waals surface area (Å²) in [6.45, 7) is 10.5. The first kappa shape index (κ1) is 45.1. The van der Waals surface area contributed by atoms with Crippen LogP contribution in [-0.2, 0) is 19.1 Å². The van der Waals surface area contributed by atoms with E-state index in [1.54, 1.807) is 0 Å². The lowest BCUT2D eigenvalue weighted by molar-refractivity contribution is -0.151. The Morgan fingerprint density at radius 2 is 1.14 bits per heavy atom. The van der Waals surface area contributed by atoms with E-state index in [2.05, 4.69) is 106 Å². The lowest BCUT2D eigenvalue weighted by atomic mass is 9.83. The molecule has 0 aromatic carbocycles. The van der Waals surface area contributed by atoms with Gasteiger partial charge in [-0.2, -0.15) is 0 Å². The van der Waals surface area contributed by atoms with Crippen LogP contribution in [0.25, 0.3) is 0 Å². The van der Waals surface area contributed by atoms with Gasteiger partial charge < -0.3 is 9.47 Å². The Kier molecular flexibility index (Phi) is 28.9. The summed E-state index contributed by atoms with van der Waals surface area (Å²) in [5.41, 5.74) is 0. The Morgan fingerprint density at radius 1 is 0.600 bits per heavy atom. The number of esters is 2. The maximum Gasteiger partial charge on any atom is 0.306 e. The molecule has 0 N–H and O–H groups in total. The molecule has 0 aromatic rings. The maximum absolute atomic E-state index is 12.9. The van der Waals surface area contributed by atoms with Gasteiger partial charge in [-0.15, -0.1) is 0 Å². The van der Waals surface area contributed by atoms with E-state index in [1.807, 2.05) is 13.8 Å². The lowest BCUT2D eigenvalue weighted by Crippen LogP contribution is -2.25. The van der Waals surface area contributed by atoms with Crippen LogP contribution in [0.5, 0.6) is 0 Å². The summed E-state index contributed by atoms with van der Waals surface area (Å²) in [6.07, 6.45) is 51.0. The van der Waals surface area contributed by atoms with Gasteiger partial charge in [-0.3, -0.25) is 9.59 Å². The Morgan fingerprint density at radius 3 is 1.72 bits per heavy atom. The number of rotatable bonds is 29. The monoisotopic (exact) mass is 691 g/mol. The maximum atomic E-state index is 12.9. The molecule has 1 saturated carbocycles. The first-order valence-corrected chi connectivity index (χ1v) is 20.3. The molecular formula is C46H74O4. The number of allylic oxidation sites excluding steroid dienone is 14. The van der Waals surface area contributed by atoms with Gasteiger partial charge in [0.05, 0.1) is 6.10 Å². The molecule has 0 aliphatic heterocycles. The van der Waals surface area contributed by atoms with Crippen molar-refractivity contribution in [2.75, 3.05) is 0 Å². The average molecular weight is 691 g/mol. The Hall–Kier alpha value is -2.88. The Labute approximate surface area is 308 Å². The van der Waals surface area contributed by atoms with E-state index in [9.17, 15) is 9.59 Å². The zero-order valence-electron chi connectivity index (χ0n) is 32.7. The number of hydrogen-bond acceptors (Lipinski definition) is 4. The number of carbonyl (C=O) groups is 2. The zero-order valence-corrected chi connectivity index (χ0v) is 32.7. The molecule has 0 bridgehead atoms. The summed E-state index contributed by atoms with van der Waals surface area (Å²) in [7, 11) is 0. The predicted octanol–water partition coefficient (Wildman–Crippen LogP) is 13.5. The topological polar surface area (TPSA) is 52.6 Å². The molecule has 0 aromatic heterocycles. The number of hydrogen-bond donors (Lipinski definition) is 0. The van der Waals surface area contributed by atoms with E-state index in [0.717, 1.165) is 77.0 Å². The van der Waals surface area contributed by atoms with Crippen LogP contribution in [0.15, 0.2) is 85.1 Å². The third-order valence-corrected chi connectivity index (χ3v) is 9.34. The molecule has 1 aliphatic carbocycles. The van der Waals surface area contributed by atoms with Gasteiger partial charge in [0.1, 0.15) is 6.10 Å². The third-order valence-electron chi connectivity index (χ3n) is 9.34. The number of unbranched alkanes of at least 4 members (excludes halogenated alkanes) is 6. The SMILES string of the molecule is CC/C=C\C/C=C\C/C=C\C/C=C\C/C=C\C/C=C\CCC(=O)O[C@@H]1C[C@H](C)[C@H](C/C=C\CCCC(=O)OC(C)C)[C@H]1CCCCCCCC. The van der Waals surface area contributed by atoms with Gasteiger partial charge in [-0.1, -0.05) is 144 Å². The van der Waals surface area contributed by atoms with E-state index >= 15 is 0 Å². The van der Waals surface area contributed by atoms with Crippen LogP contribution in [-0.4, -0.2) is 24.1 Å². The summed E-state index contributed by atoms with van der Waals surface area (Å²) in [5.74, 6) is 1.33. The quantitative estimate of drug-likeness (QED) is 0.0445. The molecular weight excluding hydrogens is 617 g/mol. The predicted molar refractivity (Wildman–Crippen MR) is 215 cm³/mol. The van der Waals surface area contributed by atoms with Gasteiger partial charge in [0.15, 0.2) is 0 Å². The van der Waals surface area contributed by atoms with Gasteiger partial charge in [0.25, 0.3) is 0 Å². The van der Waals surface area contributed by atoms with Crippen molar-refractivity contribution in [1.29, 1.82) is 0 Å². The minimum atomic E-state index is -0.109. The summed E-state index contributed by atoms with van der Waals surface area (Å²) in [4.78, 5) is 24.7. The van der Waals surface area contributed by atoms with Crippen molar-refractivity contribution in [3.8, 4) is 0 Å². The van der Waals surface area contributed by atoms with Crippen LogP contribution in [0, 0.1) is 17.8 Å². The fraction of sp³-hybridized carbons (Fsp3) is 0.652. The van der Waals surface area contributed by atoms with Crippen LogP contribution in [0.3, 0.4) is 0 Å². The van der Waals surface area contributed by atoms with Crippen LogP contribution in [0.2, 0.25) is 0 Å². The number of ether oxygens (including phenoxy) is 2. The molecule has 1 aliphatic rings. The van der Waals surface area contributed by atoms with Crippen LogP contribution in [0.1, 0.15) is 163 Å². The molecule has 50 heavy (non-hydrogen) atoms. The molecule has 0 unspecified atom stereocenters. The fourth-order valence-electron chi connectivity index (χ4n) is 6.64. The van der Waals surface area contributed by atoms with E-state index in [4.69, 9.17) is 9.47 Å².